The fraction of sp³-hybridized carbons (Fsp3) is 0.381. The molecule has 0 bridgehead atoms. The maximum atomic E-state index is 14.6. The molecule has 2 aromatic carbocycles. The Morgan fingerprint density at radius 3 is 2.66 bits per heavy atom. The first-order chi connectivity index (χ1) is 13.9. The highest BCUT2D eigenvalue weighted by Gasteiger charge is 2.45. The molecule has 150 valence electrons. The minimum absolute atomic E-state index is 0.152. The quantitative estimate of drug-likeness (QED) is 0.760. The zero-order valence-corrected chi connectivity index (χ0v) is 15.5. The van der Waals surface area contributed by atoms with Crippen molar-refractivity contribution >= 4 is 34.2 Å². The number of rotatable bonds is 2. The van der Waals surface area contributed by atoms with Crippen molar-refractivity contribution in [1.29, 1.82) is 0 Å². The van der Waals surface area contributed by atoms with Crippen LogP contribution in [0, 0.1) is 0 Å². The van der Waals surface area contributed by atoms with Crippen LogP contribution >= 0.6 is 0 Å². The summed E-state index contributed by atoms with van der Waals surface area (Å²) in [5.74, 6) is -5.03. The average Bonchev–Trinajstić information content (AvgIpc) is 2.96. The Bertz CT molecular complexity index is 1070. The minimum atomic E-state index is -2.88. The molecule has 5 rings (SSSR count). The molecule has 3 aliphatic rings. The Morgan fingerprint density at radius 1 is 1.07 bits per heavy atom. The molecule has 2 fully saturated rings. The van der Waals surface area contributed by atoms with Crippen LogP contribution < -0.4 is 15.5 Å². The lowest BCUT2D eigenvalue weighted by molar-refractivity contribution is -0.134. The molecule has 3 amide bonds. The van der Waals surface area contributed by atoms with E-state index >= 15 is 0 Å². The predicted molar refractivity (Wildman–Crippen MR) is 102 cm³/mol. The Labute approximate surface area is 165 Å². The second-order valence-electron chi connectivity index (χ2n) is 7.82. The van der Waals surface area contributed by atoms with Crippen molar-refractivity contribution < 1.29 is 23.2 Å². The van der Waals surface area contributed by atoms with Gasteiger partial charge < -0.3 is 5.32 Å². The molecule has 6 nitrogen and oxygen atoms in total. The molecule has 2 N–H and O–H groups in total. The number of nitrogens with zero attached hydrogens (tertiary/aromatic N) is 1. The van der Waals surface area contributed by atoms with Crippen molar-refractivity contribution in [3.8, 4) is 0 Å². The molecule has 0 saturated carbocycles. The highest BCUT2D eigenvalue weighted by molar-refractivity contribution is 6.27. The zero-order chi connectivity index (χ0) is 20.3. The summed E-state index contributed by atoms with van der Waals surface area (Å²) in [5, 5.41) is 6.25. The lowest BCUT2D eigenvalue weighted by atomic mass is 9.83. The monoisotopic (exact) mass is 399 g/mol. The smallest absolute Gasteiger partial charge is 0.267 e. The molecule has 8 heteroatoms. The third-order valence-corrected chi connectivity index (χ3v) is 6.14. The fourth-order valence-corrected chi connectivity index (χ4v) is 4.79. The number of nitrogens with one attached hydrogen (secondary N) is 2. The van der Waals surface area contributed by atoms with Gasteiger partial charge in [-0.3, -0.25) is 24.6 Å². The number of benzene rings is 2. The Kier molecular flexibility index (Phi) is 3.96. The lowest BCUT2D eigenvalue weighted by Crippen LogP contribution is -2.53. The van der Waals surface area contributed by atoms with Crippen LogP contribution in [0.1, 0.15) is 41.1 Å². The Balaban J connectivity index is 1.64. The first-order valence-corrected chi connectivity index (χ1v) is 9.70. The third kappa shape index (κ3) is 2.66. The number of amides is 3. The summed E-state index contributed by atoms with van der Waals surface area (Å²) in [6, 6.07) is 7.63. The van der Waals surface area contributed by atoms with Crippen LogP contribution in [-0.4, -0.2) is 42.8 Å². The van der Waals surface area contributed by atoms with E-state index in [-0.39, 0.29) is 31.2 Å². The van der Waals surface area contributed by atoms with Crippen molar-refractivity contribution in [3.05, 3.63) is 41.5 Å². The van der Waals surface area contributed by atoms with E-state index in [1.807, 2.05) is 0 Å². The molecule has 2 saturated heterocycles. The van der Waals surface area contributed by atoms with Crippen LogP contribution in [0.25, 0.3) is 10.8 Å². The van der Waals surface area contributed by atoms with E-state index in [2.05, 4.69) is 10.6 Å². The van der Waals surface area contributed by atoms with Crippen LogP contribution in [0.5, 0.6) is 0 Å². The molecule has 0 aromatic heterocycles. The van der Waals surface area contributed by atoms with Gasteiger partial charge in [-0.05, 0) is 42.5 Å². The number of anilines is 1. The maximum absolute atomic E-state index is 14.6. The van der Waals surface area contributed by atoms with Gasteiger partial charge in [0.15, 0.2) is 0 Å². The molecule has 29 heavy (non-hydrogen) atoms. The lowest BCUT2D eigenvalue weighted by Gasteiger charge is -2.33. The molecule has 3 heterocycles. The third-order valence-electron chi connectivity index (χ3n) is 6.14. The summed E-state index contributed by atoms with van der Waals surface area (Å²) in [4.78, 5) is 38.4. The van der Waals surface area contributed by atoms with E-state index in [1.165, 1.54) is 4.90 Å². The van der Waals surface area contributed by atoms with Gasteiger partial charge in [-0.1, -0.05) is 18.2 Å². The van der Waals surface area contributed by atoms with Crippen molar-refractivity contribution in [1.82, 2.24) is 10.6 Å². The second-order valence-corrected chi connectivity index (χ2v) is 7.82. The molecule has 0 spiro atoms. The number of piperidine rings is 2. The van der Waals surface area contributed by atoms with E-state index < -0.39 is 23.8 Å². The topological polar surface area (TPSA) is 78.5 Å². The number of carbonyl (C=O) groups excluding carboxylic acids is 3. The average molecular weight is 399 g/mol. The van der Waals surface area contributed by atoms with Gasteiger partial charge in [0.1, 0.15) is 6.04 Å². The number of imide groups is 1. The zero-order valence-electron chi connectivity index (χ0n) is 15.5. The molecule has 2 unspecified atom stereocenters. The largest absolute Gasteiger partial charge is 0.311 e. The van der Waals surface area contributed by atoms with Gasteiger partial charge in [0.05, 0.1) is 18.2 Å². The molecular formula is C21H19F2N3O3. The minimum Gasteiger partial charge on any atom is -0.311 e. The number of carbonyl (C=O) groups is 3. The SMILES string of the molecule is O=C1CCC(N2C(=O)c3cccc4c(C5CCNCC5(F)F)ccc2c34)C(=O)N1. The van der Waals surface area contributed by atoms with Crippen LogP contribution in [0.3, 0.4) is 0 Å². The van der Waals surface area contributed by atoms with Gasteiger partial charge in [0, 0.05) is 17.4 Å². The van der Waals surface area contributed by atoms with Gasteiger partial charge in [-0.25, -0.2) is 8.78 Å². The first kappa shape index (κ1) is 18.2. The summed E-state index contributed by atoms with van der Waals surface area (Å²) >= 11 is 0. The van der Waals surface area contributed by atoms with Crippen LogP contribution in [0.15, 0.2) is 30.3 Å². The maximum Gasteiger partial charge on any atom is 0.267 e. The Morgan fingerprint density at radius 2 is 1.90 bits per heavy atom. The first-order valence-electron chi connectivity index (χ1n) is 9.70. The van der Waals surface area contributed by atoms with Crippen LogP contribution in [0.2, 0.25) is 0 Å². The number of alkyl halides is 2. The molecular weight excluding hydrogens is 380 g/mol. The Hall–Kier alpha value is -2.87. The van der Waals surface area contributed by atoms with Gasteiger partial charge >= 0.3 is 0 Å². The molecule has 0 aliphatic carbocycles. The molecule has 3 aliphatic heterocycles. The fourth-order valence-electron chi connectivity index (χ4n) is 4.79. The second kappa shape index (κ2) is 6.32. The van der Waals surface area contributed by atoms with Crippen molar-refractivity contribution in [2.24, 2.45) is 0 Å². The van der Waals surface area contributed by atoms with Gasteiger partial charge in [0.2, 0.25) is 11.8 Å². The van der Waals surface area contributed by atoms with Crippen molar-refractivity contribution in [2.75, 3.05) is 18.0 Å². The normalized spacial score (nSPS) is 26.1. The van der Waals surface area contributed by atoms with Crippen molar-refractivity contribution in [3.63, 3.8) is 0 Å². The highest BCUT2D eigenvalue weighted by Crippen LogP contribution is 2.46. The van der Waals surface area contributed by atoms with Gasteiger partial charge in [0.25, 0.3) is 11.8 Å². The summed E-state index contributed by atoms with van der Waals surface area (Å²) in [6.45, 7) is 0.131. The predicted octanol–water partition coefficient (Wildman–Crippen LogP) is 2.32. The number of hydrogen-bond donors (Lipinski definition) is 2. The number of hydrogen-bond acceptors (Lipinski definition) is 4. The summed E-state index contributed by atoms with van der Waals surface area (Å²) in [5.41, 5.74) is 1.47. The number of halogens is 2. The van der Waals surface area contributed by atoms with Gasteiger partial charge in [-0.2, -0.15) is 0 Å². The standard InChI is InChI=1S/C21H19F2N3O3/c22-21(23)10-24-9-8-14(21)11-4-5-15-18-12(11)2-1-3-13(18)20(29)26(15)16-6-7-17(27)25-19(16)28/h1-5,14,16,24H,6-10H2,(H,25,27,28). The summed E-state index contributed by atoms with van der Waals surface area (Å²) in [7, 11) is 0. The van der Waals surface area contributed by atoms with E-state index in [4.69, 9.17) is 0 Å². The van der Waals surface area contributed by atoms with E-state index in [0.29, 0.717) is 40.6 Å². The van der Waals surface area contributed by atoms with E-state index in [0.717, 1.165) is 0 Å². The van der Waals surface area contributed by atoms with Gasteiger partial charge in [-0.15, -0.1) is 0 Å². The molecule has 0 radical (unpaired) electrons. The van der Waals surface area contributed by atoms with E-state index in [1.54, 1.807) is 30.3 Å². The summed E-state index contributed by atoms with van der Waals surface area (Å²) in [6.07, 6.45) is 0.690. The molecule has 2 atom stereocenters. The van der Waals surface area contributed by atoms with Crippen LogP contribution in [0.4, 0.5) is 14.5 Å². The van der Waals surface area contributed by atoms with Crippen molar-refractivity contribution in [2.45, 2.75) is 37.1 Å². The van der Waals surface area contributed by atoms with Crippen LogP contribution in [-0.2, 0) is 9.59 Å². The molecule has 2 aromatic rings. The summed E-state index contributed by atoms with van der Waals surface area (Å²) < 4.78 is 29.2. The van der Waals surface area contributed by atoms with E-state index in [9.17, 15) is 23.2 Å². The highest BCUT2D eigenvalue weighted by atomic mass is 19.3.